The summed E-state index contributed by atoms with van der Waals surface area (Å²) < 4.78 is 2.02. The monoisotopic (exact) mass is 325 g/mol. The lowest BCUT2D eigenvalue weighted by molar-refractivity contribution is 0.652. The molecular formula is C17H19N5S. The molecule has 1 fully saturated rings. The van der Waals surface area contributed by atoms with Crippen LogP contribution in [0.5, 0.6) is 0 Å². The number of nitrogens with zero attached hydrogens (tertiary/aromatic N) is 5. The summed E-state index contributed by atoms with van der Waals surface area (Å²) in [6.07, 6.45) is 7.54. The van der Waals surface area contributed by atoms with Gasteiger partial charge in [-0.05, 0) is 31.2 Å². The second kappa shape index (κ2) is 6.04. The highest BCUT2D eigenvalue weighted by Crippen LogP contribution is 2.25. The van der Waals surface area contributed by atoms with Crippen LogP contribution in [0.4, 0.5) is 10.8 Å². The summed E-state index contributed by atoms with van der Waals surface area (Å²) in [5, 5.41) is 1.15. The molecule has 0 unspecified atom stereocenters. The molecule has 5 nitrogen and oxygen atoms in total. The molecule has 3 heterocycles. The van der Waals surface area contributed by atoms with Crippen LogP contribution >= 0.6 is 11.3 Å². The van der Waals surface area contributed by atoms with Crippen LogP contribution < -0.4 is 9.80 Å². The predicted molar refractivity (Wildman–Crippen MR) is 94.8 cm³/mol. The fraction of sp³-hybridized carbons (Fsp3) is 0.294. The minimum absolute atomic E-state index is 1.02. The number of hydrogen-bond acceptors (Lipinski definition) is 5. The molecule has 0 saturated carbocycles. The largest absolute Gasteiger partial charge is 0.368 e. The van der Waals surface area contributed by atoms with Gasteiger partial charge in [0.1, 0.15) is 0 Å². The Morgan fingerprint density at radius 1 is 0.957 bits per heavy atom. The van der Waals surface area contributed by atoms with Crippen LogP contribution in [0, 0.1) is 6.92 Å². The summed E-state index contributed by atoms with van der Waals surface area (Å²) in [4.78, 5) is 14.7. The van der Waals surface area contributed by atoms with Gasteiger partial charge in [-0.15, -0.1) is 11.3 Å². The molecule has 0 aliphatic carbocycles. The van der Waals surface area contributed by atoms with Gasteiger partial charge in [-0.25, -0.2) is 9.97 Å². The Morgan fingerprint density at radius 3 is 2.26 bits per heavy atom. The minimum Gasteiger partial charge on any atom is -0.368 e. The van der Waals surface area contributed by atoms with Crippen LogP contribution in [0.1, 0.15) is 4.88 Å². The van der Waals surface area contributed by atoms with Gasteiger partial charge in [0.2, 0.25) is 0 Å². The van der Waals surface area contributed by atoms with E-state index in [9.17, 15) is 0 Å². The summed E-state index contributed by atoms with van der Waals surface area (Å²) in [6, 6.07) is 8.68. The molecule has 0 atom stereocenters. The van der Waals surface area contributed by atoms with E-state index in [4.69, 9.17) is 0 Å². The number of benzene rings is 1. The van der Waals surface area contributed by atoms with Gasteiger partial charge in [0.25, 0.3) is 0 Å². The SMILES string of the molecule is Cc1cnc(N2CCN(c3ccc(-n4ccnc4)cc3)CC2)s1. The Hall–Kier alpha value is -2.34. The van der Waals surface area contributed by atoms with Crippen molar-refractivity contribution in [1.29, 1.82) is 0 Å². The highest BCUT2D eigenvalue weighted by molar-refractivity contribution is 7.15. The molecule has 2 aromatic heterocycles. The first kappa shape index (κ1) is 14.3. The van der Waals surface area contributed by atoms with E-state index < -0.39 is 0 Å². The summed E-state index contributed by atoms with van der Waals surface area (Å²) >= 11 is 1.78. The van der Waals surface area contributed by atoms with Gasteiger partial charge in [-0.1, -0.05) is 0 Å². The van der Waals surface area contributed by atoms with E-state index in [2.05, 4.69) is 51.0 Å². The lowest BCUT2D eigenvalue weighted by Crippen LogP contribution is -2.46. The van der Waals surface area contributed by atoms with E-state index in [-0.39, 0.29) is 0 Å². The van der Waals surface area contributed by atoms with Crippen molar-refractivity contribution < 1.29 is 0 Å². The van der Waals surface area contributed by atoms with Crippen LogP contribution in [0.25, 0.3) is 5.69 Å². The number of anilines is 2. The number of hydrogen-bond donors (Lipinski definition) is 0. The van der Waals surface area contributed by atoms with E-state index in [0.717, 1.165) is 37.0 Å². The Kier molecular flexibility index (Phi) is 3.75. The van der Waals surface area contributed by atoms with E-state index in [1.807, 2.05) is 23.3 Å². The van der Waals surface area contributed by atoms with E-state index >= 15 is 0 Å². The van der Waals surface area contributed by atoms with Crippen molar-refractivity contribution in [2.75, 3.05) is 36.0 Å². The zero-order valence-electron chi connectivity index (χ0n) is 13.1. The number of piperazine rings is 1. The zero-order chi connectivity index (χ0) is 15.6. The maximum absolute atomic E-state index is 4.49. The van der Waals surface area contributed by atoms with Gasteiger partial charge >= 0.3 is 0 Å². The Labute approximate surface area is 139 Å². The third kappa shape index (κ3) is 2.94. The molecule has 0 spiro atoms. The average molecular weight is 325 g/mol. The first-order valence-electron chi connectivity index (χ1n) is 7.80. The lowest BCUT2D eigenvalue weighted by atomic mass is 10.2. The summed E-state index contributed by atoms with van der Waals surface area (Å²) in [5.74, 6) is 0. The number of aromatic nitrogens is 3. The van der Waals surface area contributed by atoms with Crippen molar-refractivity contribution in [2.45, 2.75) is 6.92 Å². The third-order valence-corrected chi connectivity index (χ3v) is 5.15. The van der Waals surface area contributed by atoms with E-state index in [0.29, 0.717) is 0 Å². The molecule has 1 aromatic carbocycles. The molecule has 3 aromatic rings. The standard InChI is InChI=1S/C17H19N5S/c1-14-12-19-17(23-14)21-10-8-20(9-11-21)15-2-4-16(5-3-15)22-7-6-18-13-22/h2-7,12-13H,8-11H2,1H3. The first-order chi connectivity index (χ1) is 11.3. The van der Waals surface area contributed by atoms with Crippen molar-refractivity contribution >= 4 is 22.2 Å². The van der Waals surface area contributed by atoms with Gasteiger partial charge in [0, 0.05) is 61.0 Å². The number of thiazole rings is 1. The second-order valence-electron chi connectivity index (χ2n) is 5.71. The van der Waals surface area contributed by atoms with E-state index in [1.165, 1.54) is 10.6 Å². The van der Waals surface area contributed by atoms with Crippen molar-refractivity contribution in [3.63, 3.8) is 0 Å². The molecule has 6 heteroatoms. The Bertz CT molecular complexity index is 755. The first-order valence-corrected chi connectivity index (χ1v) is 8.62. The average Bonchev–Trinajstić information content (AvgIpc) is 3.27. The van der Waals surface area contributed by atoms with Gasteiger partial charge < -0.3 is 14.4 Å². The van der Waals surface area contributed by atoms with Crippen molar-refractivity contribution in [2.24, 2.45) is 0 Å². The fourth-order valence-corrected chi connectivity index (χ4v) is 3.70. The van der Waals surface area contributed by atoms with Crippen LogP contribution in [0.2, 0.25) is 0 Å². The molecule has 1 aliphatic heterocycles. The van der Waals surface area contributed by atoms with Gasteiger partial charge in [-0.3, -0.25) is 0 Å². The Balaban J connectivity index is 1.42. The molecule has 4 rings (SSSR count). The maximum Gasteiger partial charge on any atom is 0.185 e. The van der Waals surface area contributed by atoms with Gasteiger partial charge in [0.15, 0.2) is 5.13 Å². The summed E-state index contributed by atoms with van der Waals surface area (Å²) in [7, 11) is 0. The molecule has 0 N–H and O–H groups in total. The van der Waals surface area contributed by atoms with Crippen molar-refractivity contribution in [3.8, 4) is 5.69 Å². The molecule has 0 radical (unpaired) electrons. The fourth-order valence-electron chi connectivity index (χ4n) is 2.89. The van der Waals surface area contributed by atoms with Gasteiger partial charge in [-0.2, -0.15) is 0 Å². The quantitative estimate of drug-likeness (QED) is 0.742. The molecule has 1 saturated heterocycles. The number of aryl methyl sites for hydroxylation is 1. The molecule has 0 bridgehead atoms. The number of rotatable bonds is 3. The normalized spacial score (nSPS) is 15.2. The third-order valence-electron chi connectivity index (χ3n) is 4.18. The molecule has 1 aliphatic rings. The van der Waals surface area contributed by atoms with Crippen LogP contribution in [0.15, 0.2) is 49.2 Å². The zero-order valence-corrected chi connectivity index (χ0v) is 13.9. The summed E-state index contributed by atoms with van der Waals surface area (Å²) in [5.41, 5.74) is 2.42. The molecule has 118 valence electrons. The second-order valence-corrected chi connectivity index (χ2v) is 6.93. The van der Waals surface area contributed by atoms with Crippen molar-refractivity contribution in [1.82, 2.24) is 14.5 Å². The van der Waals surface area contributed by atoms with Crippen LogP contribution in [-0.2, 0) is 0 Å². The van der Waals surface area contributed by atoms with E-state index in [1.54, 1.807) is 17.5 Å². The molecular weight excluding hydrogens is 306 g/mol. The number of imidazole rings is 1. The highest BCUT2D eigenvalue weighted by atomic mass is 32.1. The van der Waals surface area contributed by atoms with Gasteiger partial charge in [0.05, 0.1) is 6.33 Å². The highest BCUT2D eigenvalue weighted by Gasteiger charge is 2.19. The smallest absolute Gasteiger partial charge is 0.185 e. The van der Waals surface area contributed by atoms with Crippen LogP contribution in [-0.4, -0.2) is 40.7 Å². The maximum atomic E-state index is 4.49. The molecule has 0 amide bonds. The lowest BCUT2D eigenvalue weighted by Gasteiger charge is -2.36. The van der Waals surface area contributed by atoms with Crippen LogP contribution in [0.3, 0.4) is 0 Å². The topological polar surface area (TPSA) is 37.2 Å². The predicted octanol–water partition coefficient (Wildman–Crippen LogP) is 2.96. The molecule has 23 heavy (non-hydrogen) atoms. The summed E-state index contributed by atoms with van der Waals surface area (Å²) in [6.45, 7) is 6.22. The Morgan fingerprint density at radius 2 is 1.65 bits per heavy atom. The minimum atomic E-state index is 1.02. The van der Waals surface area contributed by atoms with Crippen molar-refractivity contribution in [3.05, 3.63) is 54.1 Å².